The van der Waals surface area contributed by atoms with Gasteiger partial charge >= 0.3 is 0 Å². The van der Waals surface area contributed by atoms with Crippen LogP contribution in [0.2, 0.25) is 0 Å². The molecule has 4 heteroatoms. The number of hydrogen-bond acceptors (Lipinski definition) is 4. The molecule has 0 saturated heterocycles. The number of nitrogens with zero attached hydrogens (tertiary/aromatic N) is 2. The standard InChI is InChI=1S/C13H16N4/c1-10-15-8-13(9-16-10)17-12-4-2-11(3-5-12)6-7-14/h2-5,8-9,17H,6-7,14H2,1H3. The predicted octanol–water partition coefficient (Wildman–Crippen LogP) is 2.03. The van der Waals surface area contributed by atoms with Crippen LogP contribution in [0.25, 0.3) is 0 Å². The van der Waals surface area contributed by atoms with E-state index in [1.165, 1.54) is 5.56 Å². The van der Waals surface area contributed by atoms with Crippen LogP contribution in [0, 0.1) is 6.92 Å². The smallest absolute Gasteiger partial charge is 0.125 e. The number of nitrogens with one attached hydrogen (secondary N) is 1. The van der Waals surface area contributed by atoms with E-state index in [-0.39, 0.29) is 0 Å². The van der Waals surface area contributed by atoms with Gasteiger partial charge in [0.05, 0.1) is 18.1 Å². The van der Waals surface area contributed by atoms with E-state index < -0.39 is 0 Å². The van der Waals surface area contributed by atoms with Crippen LogP contribution in [0.15, 0.2) is 36.7 Å². The predicted molar refractivity (Wildman–Crippen MR) is 69.3 cm³/mol. The molecule has 0 saturated carbocycles. The van der Waals surface area contributed by atoms with Crippen molar-refractivity contribution in [3.05, 3.63) is 48.0 Å². The van der Waals surface area contributed by atoms with Crippen LogP contribution in [0.4, 0.5) is 11.4 Å². The molecule has 0 radical (unpaired) electrons. The third kappa shape index (κ3) is 3.26. The van der Waals surface area contributed by atoms with Crippen LogP contribution in [-0.4, -0.2) is 16.5 Å². The molecule has 3 N–H and O–H groups in total. The third-order valence-corrected chi connectivity index (χ3v) is 2.46. The Hall–Kier alpha value is -1.94. The SMILES string of the molecule is Cc1ncc(Nc2ccc(CCN)cc2)cn1. The zero-order valence-electron chi connectivity index (χ0n) is 9.85. The maximum Gasteiger partial charge on any atom is 0.125 e. The van der Waals surface area contributed by atoms with Gasteiger partial charge in [-0.15, -0.1) is 0 Å². The average Bonchev–Trinajstić information content (AvgIpc) is 2.35. The Balaban J connectivity index is 2.05. The molecule has 1 aromatic heterocycles. The molecule has 0 unspecified atom stereocenters. The summed E-state index contributed by atoms with van der Waals surface area (Å²) in [5.41, 5.74) is 8.67. The molecule has 2 rings (SSSR count). The summed E-state index contributed by atoms with van der Waals surface area (Å²) in [6, 6.07) is 8.21. The second-order valence-corrected chi connectivity index (χ2v) is 3.88. The van der Waals surface area contributed by atoms with Gasteiger partial charge in [-0.3, -0.25) is 0 Å². The lowest BCUT2D eigenvalue weighted by atomic mass is 10.1. The Morgan fingerprint density at radius 1 is 1.06 bits per heavy atom. The summed E-state index contributed by atoms with van der Waals surface area (Å²) in [4.78, 5) is 8.26. The largest absolute Gasteiger partial charge is 0.353 e. The van der Waals surface area contributed by atoms with Crippen molar-refractivity contribution < 1.29 is 0 Å². The molecule has 2 aromatic rings. The van der Waals surface area contributed by atoms with Gasteiger partial charge in [-0.2, -0.15) is 0 Å². The molecule has 0 aliphatic rings. The fourth-order valence-electron chi connectivity index (χ4n) is 1.55. The molecule has 0 fully saturated rings. The van der Waals surface area contributed by atoms with Crippen molar-refractivity contribution in [3.63, 3.8) is 0 Å². The Bertz CT molecular complexity index is 462. The molecule has 0 spiro atoms. The summed E-state index contributed by atoms with van der Waals surface area (Å²) in [5, 5.41) is 3.24. The van der Waals surface area contributed by atoms with Crippen molar-refractivity contribution in [1.82, 2.24) is 9.97 Å². The molecule has 17 heavy (non-hydrogen) atoms. The Kier molecular flexibility index (Phi) is 3.67. The van der Waals surface area contributed by atoms with E-state index >= 15 is 0 Å². The van der Waals surface area contributed by atoms with Gasteiger partial charge in [-0.05, 0) is 37.6 Å². The van der Waals surface area contributed by atoms with E-state index in [4.69, 9.17) is 5.73 Å². The summed E-state index contributed by atoms with van der Waals surface area (Å²) in [5.74, 6) is 0.772. The summed E-state index contributed by atoms with van der Waals surface area (Å²) in [6.07, 6.45) is 4.46. The quantitative estimate of drug-likeness (QED) is 0.840. The normalized spacial score (nSPS) is 10.2. The van der Waals surface area contributed by atoms with E-state index in [0.717, 1.165) is 23.6 Å². The molecule has 0 atom stereocenters. The molecule has 1 heterocycles. The molecule has 1 aromatic carbocycles. The molecule has 4 nitrogen and oxygen atoms in total. The zero-order chi connectivity index (χ0) is 12.1. The summed E-state index contributed by atoms with van der Waals surface area (Å²) < 4.78 is 0. The number of nitrogens with two attached hydrogens (primary N) is 1. The minimum absolute atomic E-state index is 0.679. The first-order chi connectivity index (χ1) is 8.28. The first kappa shape index (κ1) is 11.5. The number of anilines is 2. The highest BCUT2D eigenvalue weighted by Gasteiger charge is 1.96. The number of hydrogen-bond donors (Lipinski definition) is 2. The highest BCUT2D eigenvalue weighted by Crippen LogP contribution is 2.15. The van der Waals surface area contributed by atoms with E-state index in [1.807, 2.05) is 19.1 Å². The van der Waals surface area contributed by atoms with Crippen LogP contribution in [0.5, 0.6) is 0 Å². The molecule has 0 aliphatic carbocycles. The minimum atomic E-state index is 0.679. The molecular weight excluding hydrogens is 212 g/mol. The van der Waals surface area contributed by atoms with Crippen molar-refractivity contribution in [2.75, 3.05) is 11.9 Å². The van der Waals surface area contributed by atoms with Crippen molar-refractivity contribution in [3.8, 4) is 0 Å². The third-order valence-electron chi connectivity index (χ3n) is 2.46. The van der Waals surface area contributed by atoms with Gasteiger partial charge in [-0.1, -0.05) is 12.1 Å². The van der Waals surface area contributed by atoms with Crippen molar-refractivity contribution in [2.45, 2.75) is 13.3 Å². The zero-order valence-corrected chi connectivity index (χ0v) is 9.85. The lowest BCUT2D eigenvalue weighted by Crippen LogP contribution is -2.02. The lowest BCUT2D eigenvalue weighted by molar-refractivity contribution is 0.969. The first-order valence-electron chi connectivity index (χ1n) is 5.62. The van der Waals surface area contributed by atoms with E-state index in [0.29, 0.717) is 6.54 Å². The van der Waals surface area contributed by atoms with Crippen LogP contribution in [0.3, 0.4) is 0 Å². The topological polar surface area (TPSA) is 63.8 Å². The van der Waals surface area contributed by atoms with Crippen LogP contribution in [-0.2, 0) is 6.42 Å². The van der Waals surface area contributed by atoms with Gasteiger partial charge < -0.3 is 11.1 Å². The highest BCUT2D eigenvalue weighted by atomic mass is 14.9. The number of aryl methyl sites for hydroxylation is 1. The van der Waals surface area contributed by atoms with Crippen molar-refractivity contribution >= 4 is 11.4 Å². The molecule has 0 bridgehead atoms. The van der Waals surface area contributed by atoms with Gasteiger partial charge in [0, 0.05) is 5.69 Å². The summed E-state index contributed by atoms with van der Waals surface area (Å²) in [6.45, 7) is 2.55. The second-order valence-electron chi connectivity index (χ2n) is 3.88. The van der Waals surface area contributed by atoms with E-state index in [1.54, 1.807) is 12.4 Å². The van der Waals surface area contributed by atoms with Gasteiger partial charge in [0.1, 0.15) is 5.82 Å². The Morgan fingerprint density at radius 3 is 2.29 bits per heavy atom. The van der Waals surface area contributed by atoms with Crippen LogP contribution >= 0.6 is 0 Å². The molecule has 0 amide bonds. The van der Waals surface area contributed by atoms with Crippen molar-refractivity contribution in [2.24, 2.45) is 5.73 Å². The number of aromatic nitrogens is 2. The minimum Gasteiger partial charge on any atom is -0.353 e. The Morgan fingerprint density at radius 2 is 1.71 bits per heavy atom. The monoisotopic (exact) mass is 228 g/mol. The molecule has 0 aliphatic heterocycles. The summed E-state index contributed by atoms with van der Waals surface area (Å²) in [7, 11) is 0. The Labute approximate surface area is 101 Å². The van der Waals surface area contributed by atoms with Crippen LogP contribution in [0.1, 0.15) is 11.4 Å². The van der Waals surface area contributed by atoms with Gasteiger partial charge in [0.15, 0.2) is 0 Å². The van der Waals surface area contributed by atoms with Gasteiger partial charge in [0.2, 0.25) is 0 Å². The van der Waals surface area contributed by atoms with Gasteiger partial charge in [0.25, 0.3) is 0 Å². The van der Waals surface area contributed by atoms with E-state index in [2.05, 4.69) is 27.4 Å². The summed E-state index contributed by atoms with van der Waals surface area (Å²) >= 11 is 0. The second kappa shape index (κ2) is 5.41. The van der Waals surface area contributed by atoms with E-state index in [9.17, 15) is 0 Å². The van der Waals surface area contributed by atoms with Crippen LogP contribution < -0.4 is 11.1 Å². The fraction of sp³-hybridized carbons (Fsp3) is 0.231. The molecular formula is C13H16N4. The maximum atomic E-state index is 5.50. The fourth-order valence-corrected chi connectivity index (χ4v) is 1.55. The highest BCUT2D eigenvalue weighted by molar-refractivity contribution is 5.57. The van der Waals surface area contributed by atoms with Gasteiger partial charge in [-0.25, -0.2) is 9.97 Å². The number of rotatable bonds is 4. The average molecular weight is 228 g/mol. The first-order valence-corrected chi connectivity index (χ1v) is 5.62. The lowest BCUT2D eigenvalue weighted by Gasteiger charge is -2.06. The van der Waals surface area contributed by atoms with Crippen molar-refractivity contribution in [1.29, 1.82) is 0 Å². The number of benzene rings is 1. The maximum absolute atomic E-state index is 5.50. The molecule has 88 valence electrons.